The van der Waals surface area contributed by atoms with Gasteiger partial charge in [-0.2, -0.15) is 5.10 Å². The van der Waals surface area contributed by atoms with Crippen LogP contribution in [0.5, 0.6) is 0 Å². The third-order valence-electron chi connectivity index (χ3n) is 3.57. The van der Waals surface area contributed by atoms with E-state index in [2.05, 4.69) is 16.9 Å². The summed E-state index contributed by atoms with van der Waals surface area (Å²) >= 11 is 0. The van der Waals surface area contributed by atoms with Crippen molar-refractivity contribution in [3.8, 4) is 17.5 Å². The Morgan fingerprint density at radius 3 is 2.68 bits per heavy atom. The average Bonchev–Trinajstić information content (AvgIpc) is 2.99. The molecule has 0 aliphatic rings. The Balaban J connectivity index is 2.14. The lowest BCUT2D eigenvalue weighted by molar-refractivity contribution is 0.0595. The summed E-state index contributed by atoms with van der Waals surface area (Å²) in [5.41, 5.74) is 1.53. The van der Waals surface area contributed by atoms with Gasteiger partial charge in [0.2, 0.25) is 0 Å². The van der Waals surface area contributed by atoms with Gasteiger partial charge < -0.3 is 9.84 Å². The summed E-state index contributed by atoms with van der Waals surface area (Å²) in [5, 5.41) is 14.9. The third kappa shape index (κ3) is 3.54. The Kier molecular flexibility index (Phi) is 4.30. The van der Waals surface area contributed by atoms with Crippen LogP contribution in [-0.4, -0.2) is 33.6 Å². The molecule has 3 aromatic rings. The van der Waals surface area contributed by atoms with E-state index in [1.165, 1.54) is 7.11 Å². The quantitative estimate of drug-likeness (QED) is 0.578. The predicted molar refractivity (Wildman–Crippen MR) is 95.6 cm³/mol. The Labute approximate surface area is 145 Å². The van der Waals surface area contributed by atoms with Crippen LogP contribution < -0.4 is 0 Å². The molecular weight excluding hydrogens is 316 g/mol. The molecule has 1 heterocycles. The van der Waals surface area contributed by atoms with Crippen molar-refractivity contribution >= 4 is 16.9 Å². The minimum atomic E-state index is -1.06. The molecule has 0 saturated carbocycles. The topological polar surface area (TPSA) is 64.3 Å². The lowest BCUT2D eigenvalue weighted by Gasteiger charge is -2.07. The molecule has 3 rings (SSSR count). The summed E-state index contributed by atoms with van der Waals surface area (Å²) in [6.45, 7) is 3.26. The van der Waals surface area contributed by atoms with Crippen LogP contribution in [0.2, 0.25) is 0 Å². The van der Waals surface area contributed by atoms with Gasteiger partial charge in [-0.3, -0.25) is 0 Å². The molecule has 0 radical (unpaired) electrons. The Hall–Kier alpha value is -3.10. The van der Waals surface area contributed by atoms with Crippen molar-refractivity contribution in [3.05, 3.63) is 59.8 Å². The van der Waals surface area contributed by atoms with E-state index in [0.717, 1.165) is 22.2 Å². The number of carbonyl (C=O) groups excluding carboxylic acids is 1. The first-order chi connectivity index (χ1) is 11.9. The van der Waals surface area contributed by atoms with E-state index in [1.54, 1.807) is 18.5 Å². The Morgan fingerprint density at radius 1 is 1.20 bits per heavy atom. The van der Waals surface area contributed by atoms with Crippen molar-refractivity contribution in [2.75, 3.05) is 7.11 Å². The van der Waals surface area contributed by atoms with Crippen LogP contribution in [0, 0.1) is 11.8 Å². The number of hydrogen-bond donors (Lipinski definition) is 1. The van der Waals surface area contributed by atoms with Gasteiger partial charge in [-0.1, -0.05) is 36.1 Å². The van der Waals surface area contributed by atoms with Gasteiger partial charge >= 0.3 is 5.97 Å². The number of rotatable bonds is 2. The highest BCUT2D eigenvalue weighted by atomic mass is 16.5. The highest BCUT2D eigenvalue weighted by molar-refractivity contribution is 6.02. The Bertz CT molecular complexity index is 1000. The largest absolute Gasteiger partial charge is 0.464 e. The molecule has 25 heavy (non-hydrogen) atoms. The second-order valence-corrected chi connectivity index (χ2v) is 6.13. The highest BCUT2D eigenvalue weighted by Crippen LogP contribution is 2.23. The monoisotopic (exact) mass is 334 g/mol. The molecule has 0 unspecified atom stereocenters. The number of nitrogens with zero attached hydrogens (tertiary/aromatic N) is 2. The second kappa shape index (κ2) is 6.42. The van der Waals surface area contributed by atoms with Crippen molar-refractivity contribution in [2.24, 2.45) is 0 Å². The maximum atomic E-state index is 12.0. The molecule has 0 bridgehead atoms. The molecule has 0 spiro atoms. The average molecular weight is 334 g/mol. The van der Waals surface area contributed by atoms with Crippen molar-refractivity contribution in [1.82, 2.24) is 9.78 Å². The van der Waals surface area contributed by atoms with E-state index in [1.807, 2.05) is 48.5 Å². The van der Waals surface area contributed by atoms with Gasteiger partial charge in [-0.15, -0.1) is 0 Å². The van der Waals surface area contributed by atoms with Crippen LogP contribution >= 0.6 is 0 Å². The number of ether oxygens (including phenoxy) is 1. The lowest BCUT2D eigenvalue weighted by Crippen LogP contribution is -2.14. The molecule has 0 atom stereocenters. The molecule has 0 amide bonds. The molecule has 1 N–H and O–H groups in total. The SMILES string of the molecule is COC(=O)c1nn(-c2cccc(C#CC(C)(C)O)c2)c2ccccc12. The normalized spacial score (nSPS) is 11.0. The zero-order valence-corrected chi connectivity index (χ0v) is 14.3. The first kappa shape index (κ1) is 16.7. The molecule has 5 nitrogen and oxygen atoms in total. The fraction of sp³-hybridized carbons (Fsp3) is 0.200. The smallest absolute Gasteiger partial charge is 0.359 e. The zero-order chi connectivity index (χ0) is 18.0. The van der Waals surface area contributed by atoms with Gasteiger partial charge in [0.15, 0.2) is 5.69 Å². The number of aliphatic hydroxyl groups is 1. The molecule has 2 aromatic carbocycles. The van der Waals surface area contributed by atoms with E-state index >= 15 is 0 Å². The third-order valence-corrected chi connectivity index (χ3v) is 3.57. The fourth-order valence-corrected chi connectivity index (χ4v) is 2.45. The fourth-order valence-electron chi connectivity index (χ4n) is 2.45. The molecule has 126 valence electrons. The predicted octanol–water partition coefficient (Wildman–Crippen LogP) is 2.93. The minimum Gasteiger partial charge on any atom is -0.464 e. The number of carbonyl (C=O) groups is 1. The van der Waals surface area contributed by atoms with Gasteiger partial charge in [-0.25, -0.2) is 9.48 Å². The zero-order valence-electron chi connectivity index (χ0n) is 14.3. The minimum absolute atomic E-state index is 0.270. The van der Waals surface area contributed by atoms with E-state index in [9.17, 15) is 9.90 Å². The van der Waals surface area contributed by atoms with Crippen molar-refractivity contribution in [3.63, 3.8) is 0 Å². The maximum absolute atomic E-state index is 12.0. The second-order valence-electron chi connectivity index (χ2n) is 6.13. The maximum Gasteiger partial charge on any atom is 0.359 e. The van der Waals surface area contributed by atoms with Crippen molar-refractivity contribution in [1.29, 1.82) is 0 Å². The number of fused-ring (bicyclic) bond motifs is 1. The van der Waals surface area contributed by atoms with Gasteiger partial charge in [0.05, 0.1) is 18.3 Å². The number of aromatic nitrogens is 2. The summed E-state index contributed by atoms with van der Waals surface area (Å²) < 4.78 is 6.52. The molecular formula is C20H18N2O3. The van der Waals surface area contributed by atoms with Gasteiger partial charge in [-0.05, 0) is 38.1 Å². The van der Waals surface area contributed by atoms with Crippen LogP contribution in [0.4, 0.5) is 0 Å². The van der Waals surface area contributed by atoms with Crippen LogP contribution in [0.1, 0.15) is 29.9 Å². The van der Waals surface area contributed by atoms with Crippen LogP contribution in [0.3, 0.4) is 0 Å². The number of hydrogen-bond acceptors (Lipinski definition) is 4. The Morgan fingerprint density at radius 2 is 1.96 bits per heavy atom. The summed E-state index contributed by atoms with van der Waals surface area (Å²) in [4.78, 5) is 12.0. The molecule has 0 saturated heterocycles. The molecule has 1 aromatic heterocycles. The number of benzene rings is 2. The van der Waals surface area contributed by atoms with Crippen LogP contribution in [0.25, 0.3) is 16.6 Å². The molecule has 0 fully saturated rings. The number of para-hydroxylation sites is 1. The molecule has 0 aliphatic carbocycles. The van der Waals surface area contributed by atoms with Gasteiger partial charge in [0, 0.05) is 10.9 Å². The number of esters is 1. The van der Waals surface area contributed by atoms with Gasteiger partial charge in [0.1, 0.15) is 5.60 Å². The highest BCUT2D eigenvalue weighted by Gasteiger charge is 2.18. The van der Waals surface area contributed by atoms with Gasteiger partial charge in [0.25, 0.3) is 0 Å². The first-order valence-corrected chi connectivity index (χ1v) is 7.81. The molecule has 5 heteroatoms. The van der Waals surface area contributed by atoms with Crippen LogP contribution in [0.15, 0.2) is 48.5 Å². The first-order valence-electron chi connectivity index (χ1n) is 7.81. The van der Waals surface area contributed by atoms with Crippen molar-refractivity contribution < 1.29 is 14.6 Å². The van der Waals surface area contributed by atoms with E-state index < -0.39 is 11.6 Å². The summed E-state index contributed by atoms with van der Waals surface area (Å²) in [7, 11) is 1.34. The van der Waals surface area contributed by atoms with E-state index in [0.29, 0.717) is 0 Å². The van der Waals surface area contributed by atoms with E-state index in [4.69, 9.17) is 4.74 Å². The van der Waals surface area contributed by atoms with Crippen molar-refractivity contribution in [2.45, 2.75) is 19.4 Å². The number of methoxy groups -OCH3 is 1. The van der Waals surface area contributed by atoms with Crippen LogP contribution in [-0.2, 0) is 4.74 Å². The molecule has 0 aliphatic heterocycles. The lowest BCUT2D eigenvalue weighted by atomic mass is 10.1. The standard InChI is InChI=1S/C20H18N2O3/c1-20(2,24)12-11-14-7-6-8-15(13-14)22-17-10-5-4-9-16(17)18(21-22)19(23)25-3/h4-10,13,24H,1-3H3. The van der Waals surface area contributed by atoms with E-state index in [-0.39, 0.29) is 5.69 Å². The summed E-state index contributed by atoms with van der Waals surface area (Å²) in [5.74, 6) is 5.26. The summed E-state index contributed by atoms with van der Waals surface area (Å²) in [6, 6.07) is 14.9. The summed E-state index contributed by atoms with van der Waals surface area (Å²) in [6.07, 6.45) is 0.